The van der Waals surface area contributed by atoms with Gasteiger partial charge in [-0.15, -0.1) is 0 Å². The van der Waals surface area contributed by atoms with E-state index in [1.165, 1.54) is 89.9 Å². The third kappa shape index (κ3) is 12.2. The van der Waals surface area contributed by atoms with Gasteiger partial charge in [0.25, 0.3) is 0 Å². The molecule has 0 saturated heterocycles. The zero-order valence-electron chi connectivity index (χ0n) is 25.6. The molecule has 3 fully saturated rings. The molecule has 0 radical (unpaired) electrons. The molecular weight excluding hydrogens is 432 g/mol. The van der Waals surface area contributed by atoms with Gasteiger partial charge in [-0.2, -0.15) is 0 Å². The smallest absolute Gasteiger partial charge is 0.0383 e. The largest absolute Gasteiger partial charge is 0.0654 e. The van der Waals surface area contributed by atoms with Crippen LogP contribution < -0.4 is 0 Å². The van der Waals surface area contributed by atoms with E-state index >= 15 is 0 Å². The van der Waals surface area contributed by atoms with Crippen LogP contribution in [0.1, 0.15) is 182 Å². The molecule has 3 saturated carbocycles. The van der Waals surface area contributed by atoms with Crippen molar-refractivity contribution in [3.63, 3.8) is 0 Å². The molecule has 0 bridgehead atoms. The first kappa shape index (κ1) is 30.5. The Bertz CT molecular complexity index is 506. The summed E-state index contributed by atoms with van der Waals surface area (Å²) in [6.07, 6.45) is 36.3. The van der Waals surface area contributed by atoms with Crippen LogP contribution in [0.15, 0.2) is 0 Å². The average Bonchev–Trinajstić information content (AvgIpc) is 3.78. The van der Waals surface area contributed by atoms with E-state index in [0.29, 0.717) is 0 Å². The molecule has 0 heterocycles. The topological polar surface area (TPSA) is 0 Å². The molecule has 0 aromatic carbocycles. The highest BCUT2D eigenvalue weighted by molar-refractivity contribution is 4.88. The molecule has 3 aliphatic rings. The number of hydrogen-bond donors (Lipinski definition) is 0. The molecule has 0 aromatic heterocycles. The van der Waals surface area contributed by atoms with Crippen molar-refractivity contribution in [1.29, 1.82) is 0 Å². The summed E-state index contributed by atoms with van der Waals surface area (Å²) < 4.78 is 0. The van der Waals surface area contributed by atoms with Crippen molar-refractivity contribution in [2.45, 2.75) is 182 Å². The summed E-state index contributed by atoms with van der Waals surface area (Å²) in [6.45, 7) is 9.68. The predicted octanol–water partition coefficient (Wildman–Crippen LogP) is 12.4. The highest BCUT2D eigenvalue weighted by Gasteiger charge is 2.37. The summed E-state index contributed by atoms with van der Waals surface area (Å²) in [5.74, 6) is 8.72. The van der Waals surface area contributed by atoms with Gasteiger partial charge in [-0.25, -0.2) is 0 Å². The molecule has 0 amide bonds. The van der Waals surface area contributed by atoms with Gasteiger partial charge in [0.1, 0.15) is 0 Å². The third-order valence-electron chi connectivity index (χ3n) is 11.1. The van der Waals surface area contributed by atoms with E-state index in [1.54, 1.807) is 64.2 Å². The van der Waals surface area contributed by atoms with E-state index in [4.69, 9.17) is 0 Å². The molecule has 0 N–H and O–H groups in total. The standard InChI is InChI=1S/C36H68/c1-5-8-11-18-31-26-34(31)23-14-17-29(4)30(21-15-24-35-27-32(35)19-12-9-6-2)22-16-25-36-28-33(36)20-13-10-7-3/h29-36H,5-28H2,1-4H3. The predicted molar refractivity (Wildman–Crippen MR) is 161 cm³/mol. The molecular formula is C36H68. The van der Waals surface area contributed by atoms with Gasteiger partial charge in [-0.05, 0) is 66.6 Å². The summed E-state index contributed by atoms with van der Waals surface area (Å²) in [5.41, 5.74) is 0. The van der Waals surface area contributed by atoms with Crippen LogP contribution in [0.25, 0.3) is 0 Å². The summed E-state index contributed by atoms with van der Waals surface area (Å²) in [5, 5.41) is 0. The Labute approximate surface area is 228 Å². The van der Waals surface area contributed by atoms with Crippen LogP contribution in [0, 0.1) is 47.3 Å². The number of hydrogen-bond acceptors (Lipinski definition) is 0. The van der Waals surface area contributed by atoms with E-state index < -0.39 is 0 Å². The fourth-order valence-electron chi connectivity index (χ4n) is 7.96. The maximum Gasteiger partial charge on any atom is -0.0383 e. The summed E-state index contributed by atoms with van der Waals surface area (Å²) in [6, 6.07) is 0. The summed E-state index contributed by atoms with van der Waals surface area (Å²) in [7, 11) is 0. The van der Waals surface area contributed by atoms with Crippen LogP contribution >= 0.6 is 0 Å². The molecule has 36 heavy (non-hydrogen) atoms. The highest BCUT2D eigenvalue weighted by atomic mass is 14.4. The van der Waals surface area contributed by atoms with Crippen molar-refractivity contribution in [3.05, 3.63) is 0 Å². The Balaban J connectivity index is 1.30. The fraction of sp³-hybridized carbons (Fsp3) is 1.00. The molecule has 0 heteroatoms. The van der Waals surface area contributed by atoms with Crippen LogP contribution in [0.3, 0.4) is 0 Å². The number of rotatable bonds is 25. The Morgan fingerprint density at radius 3 is 1.06 bits per heavy atom. The van der Waals surface area contributed by atoms with E-state index in [-0.39, 0.29) is 0 Å². The van der Waals surface area contributed by atoms with Gasteiger partial charge in [0.15, 0.2) is 0 Å². The van der Waals surface area contributed by atoms with Crippen LogP contribution in [-0.2, 0) is 0 Å². The molecule has 0 aliphatic heterocycles. The number of unbranched alkanes of at least 4 members (excludes halogenated alkanes) is 6. The summed E-state index contributed by atoms with van der Waals surface area (Å²) in [4.78, 5) is 0. The van der Waals surface area contributed by atoms with Crippen molar-refractivity contribution in [3.8, 4) is 0 Å². The van der Waals surface area contributed by atoms with E-state index in [1.807, 2.05) is 0 Å². The Hall–Kier alpha value is 0. The minimum absolute atomic E-state index is 0.974. The van der Waals surface area contributed by atoms with Crippen molar-refractivity contribution in [2.24, 2.45) is 47.3 Å². The second-order valence-corrected chi connectivity index (χ2v) is 14.3. The first-order chi connectivity index (χ1) is 17.7. The lowest BCUT2D eigenvalue weighted by atomic mass is 9.81. The zero-order valence-corrected chi connectivity index (χ0v) is 25.6. The SMILES string of the molecule is CCCCCC1CC1CCCC(C)C(CCCC1CC1CCCCC)CCCC1CC1CCCCC. The van der Waals surface area contributed by atoms with Crippen molar-refractivity contribution >= 4 is 0 Å². The molecule has 0 spiro atoms. The monoisotopic (exact) mass is 501 g/mol. The highest BCUT2D eigenvalue weighted by Crippen LogP contribution is 2.48. The maximum absolute atomic E-state index is 2.64. The first-order valence-corrected chi connectivity index (χ1v) is 17.7. The molecule has 0 aromatic rings. The Morgan fingerprint density at radius 2 is 0.722 bits per heavy atom. The average molecular weight is 501 g/mol. The molecule has 212 valence electrons. The fourth-order valence-corrected chi connectivity index (χ4v) is 7.96. The molecule has 0 nitrogen and oxygen atoms in total. The van der Waals surface area contributed by atoms with Gasteiger partial charge in [0, 0.05) is 0 Å². The second-order valence-electron chi connectivity index (χ2n) is 14.3. The van der Waals surface area contributed by atoms with Crippen LogP contribution in [0.4, 0.5) is 0 Å². The van der Waals surface area contributed by atoms with Crippen molar-refractivity contribution in [1.82, 2.24) is 0 Å². The lowest BCUT2D eigenvalue weighted by Gasteiger charge is -2.24. The van der Waals surface area contributed by atoms with E-state index in [0.717, 1.165) is 47.3 Å². The molecule has 3 aliphatic carbocycles. The van der Waals surface area contributed by atoms with E-state index in [9.17, 15) is 0 Å². The van der Waals surface area contributed by atoms with Crippen molar-refractivity contribution in [2.75, 3.05) is 0 Å². The minimum atomic E-state index is 0.974. The van der Waals surface area contributed by atoms with Gasteiger partial charge in [0.05, 0.1) is 0 Å². The van der Waals surface area contributed by atoms with Gasteiger partial charge >= 0.3 is 0 Å². The maximum atomic E-state index is 2.64. The third-order valence-corrected chi connectivity index (χ3v) is 11.1. The zero-order chi connectivity index (χ0) is 25.6. The van der Waals surface area contributed by atoms with Gasteiger partial charge in [0.2, 0.25) is 0 Å². The minimum Gasteiger partial charge on any atom is -0.0654 e. The Morgan fingerprint density at radius 1 is 0.417 bits per heavy atom. The lowest BCUT2D eigenvalue weighted by molar-refractivity contribution is 0.270. The Kier molecular flexibility index (Phi) is 14.9. The lowest BCUT2D eigenvalue weighted by Crippen LogP contribution is -2.13. The van der Waals surface area contributed by atoms with Crippen molar-refractivity contribution < 1.29 is 0 Å². The molecule has 7 atom stereocenters. The summed E-state index contributed by atoms with van der Waals surface area (Å²) >= 11 is 0. The van der Waals surface area contributed by atoms with Gasteiger partial charge < -0.3 is 0 Å². The van der Waals surface area contributed by atoms with Gasteiger partial charge in [-0.3, -0.25) is 0 Å². The van der Waals surface area contributed by atoms with Gasteiger partial charge in [-0.1, -0.05) is 163 Å². The quantitative estimate of drug-likeness (QED) is 0.109. The molecule has 3 rings (SSSR count). The normalized spacial score (nSPS) is 30.3. The van der Waals surface area contributed by atoms with E-state index in [2.05, 4.69) is 27.7 Å². The van der Waals surface area contributed by atoms with Crippen LogP contribution in [-0.4, -0.2) is 0 Å². The first-order valence-electron chi connectivity index (χ1n) is 17.7. The molecule has 7 unspecified atom stereocenters. The van der Waals surface area contributed by atoms with Crippen LogP contribution in [0.5, 0.6) is 0 Å². The second kappa shape index (κ2) is 17.6. The van der Waals surface area contributed by atoms with Crippen LogP contribution in [0.2, 0.25) is 0 Å².